The first kappa shape index (κ1) is 14.4. The Kier molecular flexibility index (Phi) is 4.02. The molecule has 0 bridgehead atoms. The van der Waals surface area contributed by atoms with Gasteiger partial charge in [0.2, 0.25) is 0 Å². The van der Waals surface area contributed by atoms with Gasteiger partial charge in [0.05, 0.1) is 0 Å². The van der Waals surface area contributed by atoms with Crippen LogP contribution >= 0.6 is 0 Å². The minimum Gasteiger partial charge on any atom is -0.381 e. The maximum Gasteiger partial charge on any atom is 0.194 e. The van der Waals surface area contributed by atoms with Gasteiger partial charge in [0.15, 0.2) is 17.5 Å². The summed E-state index contributed by atoms with van der Waals surface area (Å²) in [6.07, 6.45) is 0. The van der Waals surface area contributed by atoms with Gasteiger partial charge in [0.25, 0.3) is 0 Å². The first-order chi connectivity index (χ1) is 9.38. The highest BCUT2D eigenvalue weighted by Gasteiger charge is 2.11. The van der Waals surface area contributed by atoms with Gasteiger partial charge in [0.1, 0.15) is 0 Å². The van der Waals surface area contributed by atoms with Gasteiger partial charge in [-0.2, -0.15) is 0 Å². The Hall–Kier alpha value is -1.97. The van der Waals surface area contributed by atoms with E-state index in [1.165, 1.54) is 5.56 Å². The Morgan fingerprint density at radius 2 is 1.35 bits per heavy atom. The lowest BCUT2D eigenvalue weighted by Gasteiger charge is -2.13. The molecule has 0 amide bonds. The second-order valence-electron chi connectivity index (χ2n) is 4.98. The maximum absolute atomic E-state index is 13.1. The Bertz CT molecular complexity index is 604. The molecule has 0 unspecified atom stereocenters. The van der Waals surface area contributed by atoms with Crippen molar-refractivity contribution in [3.05, 3.63) is 64.0 Å². The van der Waals surface area contributed by atoms with Gasteiger partial charge in [-0.05, 0) is 37.5 Å². The van der Waals surface area contributed by atoms with Gasteiger partial charge >= 0.3 is 0 Å². The molecule has 0 heterocycles. The highest BCUT2D eigenvalue weighted by Crippen LogP contribution is 2.21. The summed E-state index contributed by atoms with van der Waals surface area (Å²) in [7, 11) is 0. The van der Waals surface area contributed by atoms with Crippen LogP contribution in [0.3, 0.4) is 0 Å². The Balaban J connectivity index is 2.21. The molecule has 0 saturated heterocycles. The molecule has 0 atom stereocenters. The molecule has 20 heavy (non-hydrogen) atoms. The lowest BCUT2D eigenvalue weighted by molar-refractivity contribution is 0.447. The quantitative estimate of drug-likeness (QED) is 0.807. The SMILES string of the molecule is Cc1cc(C)c(CNc2cc(F)c(F)c(F)c2)c(C)c1. The van der Waals surface area contributed by atoms with Gasteiger partial charge in [-0.25, -0.2) is 13.2 Å². The molecule has 2 aromatic carbocycles. The third kappa shape index (κ3) is 2.95. The molecule has 0 aliphatic carbocycles. The van der Waals surface area contributed by atoms with Crippen LogP contribution < -0.4 is 5.32 Å². The van der Waals surface area contributed by atoms with Crippen LogP contribution in [0.1, 0.15) is 22.3 Å². The van der Waals surface area contributed by atoms with Crippen LogP contribution in [0, 0.1) is 38.2 Å². The summed E-state index contributed by atoms with van der Waals surface area (Å²) in [4.78, 5) is 0. The zero-order valence-corrected chi connectivity index (χ0v) is 11.7. The summed E-state index contributed by atoms with van der Waals surface area (Å²) >= 11 is 0. The molecule has 2 rings (SSSR count). The molecule has 0 saturated carbocycles. The molecular weight excluding hydrogens is 263 g/mol. The summed E-state index contributed by atoms with van der Waals surface area (Å²) in [5, 5.41) is 2.92. The fraction of sp³-hybridized carbons (Fsp3) is 0.250. The topological polar surface area (TPSA) is 12.0 Å². The highest BCUT2D eigenvalue weighted by molar-refractivity contribution is 5.47. The molecule has 0 aromatic heterocycles. The average Bonchev–Trinajstić information content (AvgIpc) is 2.34. The molecule has 0 aliphatic heterocycles. The van der Waals surface area contributed by atoms with Crippen LogP contribution in [-0.4, -0.2) is 0 Å². The zero-order chi connectivity index (χ0) is 14.9. The van der Waals surface area contributed by atoms with E-state index in [2.05, 4.69) is 17.4 Å². The number of benzene rings is 2. The molecule has 1 nitrogen and oxygen atoms in total. The minimum atomic E-state index is -1.45. The number of aryl methyl sites for hydroxylation is 3. The van der Waals surface area contributed by atoms with E-state index < -0.39 is 17.5 Å². The zero-order valence-electron chi connectivity index (χ0n) is 11.7. The molecule has 4 heteroatoms. The molecule has 106 valence electrons. The molecule has 2 aromatic rings. The minimum absolute atomic E-state index is 0.223. The van der Waals surface area contributed by atoms with Gasteiger partial charge < -0.3 is 5.32 Å². The van der Waals surface area contributed by atoms with E-state index in [-0.39, 0.29) is 5.69 Å². The smallest absolute Gasteiger partial charge is 0.194 e. The van der Waals surface area contributed by atoms with E-state index in [1.54, 1.807) is 0 Å². The Morgan fingerprint density at radius 1 is 0.850 bits per heavy atom. The fourth-order valence-corrected chi connectivity index (χ4v) is 2.34. The van der Waals surface area contributed by atoms with Crippen molar-refractivity contribution in [2.45, 2.75) is 27.3 Å². The second-order valence-corrected chi connectivity index (χ2v) is 4.98. The fourth-order valence-electron chi connectivity index (χ4n) is 2.34. The summed E-state index contributed by atoms with van der Waals surface area (Å²) in [6.45, 7) is 6.43. The number of hydrogen-bond acceptors (Lipinski definition) is 1. The maximum atomic E-state index is 13.1. The van der Waals surface area contributed by atoms with Crippen molar-refractivity contribution in [1.82, 2.24) is 0 Å². The summed E-state index contributed by atoms with van der Waals surface area (Å²) in [6, 6.07) is 6.01. The van der Waals surface area contributed by atoms with Crippen molar-refractivity contribution in [2.75, 3.05) is 5.32 Å². The third-order valence-electron chi connectivity index (χ3n) is 3.29. The van der Waals surface area contributed by atoms with E-state index >= 15 is 0 Å². The van der Waals surface area contributed by atoms with Crippen LogP contribution in [0.15, 0.2) is 24.3 Å². The van der Waals surface area contributed by atoms with Crippen LogP contribution in [0.2, 0.25) is 0 Å². The average molecular weight is 279 g/mol. The lowest BCUT2D eigenvalue weighted by Crippen LogP contribution is -2.05. The summed E-state index contributed by atoms with van der Waals surface area (Å²) < 4.78 is 39.1. The molecule has 0 aliphatic rings. The van der Waals surface area contributed by atoms with Gasteiger partial charge in [-0.15, -0.1) is 0 Å². The molecule has 0 fully saturated rings. The van der Waals surface area contributed by atoms with E-state index in [0.717, 1.165) is 28.8 Å². The standard InChI is InChI=1S/C16H16F3N/c1-9-4-10(2)13(11(3)5-9)8-20-12-6-14(17)16(19)15(18)7-12/h4-7,20H,8H2,1-3H3. The summed E-state index contributed by atoms with van der Waals surface area (Å²) in [5.74, 6) is -3.83. The molecule has 1 N–H and O–H groups in total. The molecule has 0 spiro atoms. The molecular formula is C16H16F3N. The highest BCUT2D eigenvalue weighted by atomic mass is 19.2. The van der Waals surface area contributed by atoms with E-state index in [4.69, 9.17) is 0 Å². The summed E-state index contributed by atoms with van der Waals surface area (Å²) in [5.41, 5.74) is 4.68. The predicted octanol–water partition coefficient (Wildman–Crippen LogP) is 4.64. The van der Waals surface area contributed by atoms with Gasteiger partial charge in [-0.1, -0.05) is 17.7 Å². The monoisotopic (exact) mass is 279 g/mol. The van der Waals surface area contributed by atoms with Crippen molar-refractivity contribution in [2.24, 2.45) is 0 Å². The Morgan fingerprint density at radius 3 is 1.85 bits per heavy atom. The number of nitrogens with one attached hydrogen (secondary N) is 1. The number of hydrogen-bond donors (Lipinski definition) is 1. The van der Waals surface area contributed by atoms with E-state index in [1.807, 2.05) is 20.8 Å². The molecule has 0 radical (unpaired) electrons. The normalized spacial score (nSPS) is 10.7. The van der Waals surface area contributed by atoms with Crippen LogP contribution in [0.5, 0.6) is 0 Å². The second kappa shape index (κ2) is 5.57. The van der Waals surface area contributed by atoms with E-state index in [0.29, 0.717) is 6.54 Å². The number of halogens is 3. The van der Waals surface area contributed by atoms with Gasteiger partial charge in [0, 0.05) is 24.4 Å². The lowest BCUT2D eigenvalue weighted by atomic mass is 10.00. The van der Waals surface area contributed by atoms with Crippen LogP contribution in [0.25, 0.3) is 0 Å². The first-order valence-electron chi connectivity index (χ1n) is 6.33. The largest absolute Gasteiger partial charge is 0.381 e. The van der Waals surface area contributed by atoms with Crippen LogP contribution in [0.4, 0.5) is 18.9 Å². The van der Waals surface area contributed by atoms with Crippen molar-refractivity contribution < 1.29 is 13.2 Å². The third-order valence-corrected chi connectivity index (χ3v) is 3.29. The van der Waals surface area contributed by atoms with Crippen molar-refractivity contribution >= 4 is 5.69 Å². The van der Waals surface area contributed by atoms with Crippen molar-refractivity contribution in [3.8, 4) is 0 Å². The Labute approximate surface area is 116 Å². The predicted molar refractivity (Wildman–Crippen MR) is 74.3 cm³/mol. The number of rotatable bonds is 3. The van der Waals surface area contributed by atoms with Crippen molar-refractivity contribution in [3.63, 3.8) is 0 Å². The van der Waals surface area contributed by atoms with E-state index in [9.17, 15) is 13.2 Å². The van der Waals surface area contributed by atoms with Crippen LogP contribution in [-0.2, 0) is 6.54 Å². The van der Waals surface area contributed by atoms with Gasteiger partial charge in [-0.3, -0.25) is 0 Å². The van der Waals surface area contributed by atoms with Crippen molar-refractivity contribution in [1.29, 1.82) is 0 Å². The first-order valence-corrected chi connectivity index (χ1v) is 6.33. The number of anilines is 1.